The molecule has 0 amide bonds. The summed E-state index contributed by atoms with van der Waals surface area (Å²) in [5.41, 5.74) is 2.69. The molecule has 42 heavy (non-hydrogen) atoms. The standard InChI is InChI=1S/C36H64O4S2/c1-27(2)8-7-9-28(3)32-12-13-33-31-11-10-29-26-30(14-16-35(29,4)34(31)15-17-36(32,33)5)40-23-22-38-19-18-37-20-21-39-24-25-42(6)41/h10,27-28,30-34H,7-9,11-26H2,1-6H3/t28?,30-,31?,32?,33?,34?,35?,36?,42?/m0/s1. The Balaban J connectivity index is 1.16. The van der Waals surface area contributed by atoms with Gasteiger partial charge in [0, 0.05) is 5.75 Å². The molecule has 3 saturated carbocycles. The fraction of sp³-hybridized carbons (Fsp3) is 0.944. The van der Waals surface area contributed by atoms with Crippen LogP contribution in [0.2, 0.25) is 0 Å². The average molecular weight is 625 g/mol. The van der Waals surface area contributed by atoms with Crippen molar-refractivity contribution in [1.82, 2.24) is 0 Å². The molecule has 4 aliphatic carbocycles. The van der Waals surface area contributed by atoms with E-state index in [2.05, 4.69) is 47.0 Å². The molecule has 0 saturated heterocycles. The van der Waals surface area contributed by atoms with Crippen molar-refractivity contribution in [3.05, 3.63) is 11.6 Å². The van der Waals surface area contributed by atoms with Crippen LogP contribution < -0.4 is 0 Å². The highest BCUT2D eigenvalue weighted by atomic mass is 32.8. The van der Waals surface area contributed by atoms with Gasteiger partial charge in [0.1, 0.15) is 0 Å². The van der Waals surface area contributed by atoms with Gasteiger partial charge in [-0.15, -0.1) is 9.45 Å². The van der Waals surface area contributed by atoms with Crippen LogP contribution in [0.1, 0.15) is 105 Å². The van der Waals surface area contributed by atoms with Crippen molar-refractivity contribution in [2.24, 2.45) is 46.3 Å². The number of hydrogen-bond donors (Lipinski definition) is 0. The molecule has 9 atom stereocenters. The summed E-state index contributed by atoms with van der Waals surface area (Å²) in [6.07, 6.45) is 20.2. The Kier molecular flexibility index (Phi) is 13.9. The molecule has 4 nitrogen and oxygen atoms in total. The van der Waals surface area contributed by atoms with Gasteiger partial charge in [-0.2, -0.15) is 0 Å². The Morgan fingerprint density at radius 2 is 1.55 bits per heavy atom. The summed E-state index contributed by atoms with van der Waals surface area (Å²) < 4.78 is 23.2. The summed E-state index contributed by atoms with van der Waals surface area (Å²) in [6, 6.07) is 0. The van der Waals surface area contributed by atoms with Gasteiger partial charge in [0.05, 0.1) is 52.4 Å². The van der Waals surface area contributed by atoms with E-state index in [1.807, 2.05) is 0 Å². The van der Waals surface area contributed by atoms with Gasteiger partial charge in [-0.1, -0.05) is 76.7 Å². The van der Waals surface area contributed by atoms with Crippen LogP contribution in [0.25, 0.3) is 0 Å². The minimum atomic E-state index is 0.0380. The van der Waals surface area contributed by atoms with Gasteiger partial charge in [0.2, 0.25) is 0 Å². The lowest BCUT2D eigenvalue weighted by Gasteiger charge is -2.58. The van der Waals surface area contributed by atoms with Crippen molar-refractivity contribution in [3.8, 4) is 0 Å². The van der Waals surface area contributed by atoms with Crippen molar-refractivity contribution >= 4 is 20.6 Å². The van der Waals surface area contributed by atoms with Crippen LogP contribution in [0, 0.1) is 46.3 Å². The molecule has 0 N–H and O–H groups in total. The summed E-state index contributed by atoms with van der Waals surface area (Å²) in [6.45, 7) is 17.2. The molecule has 6 heteroatoms. The lowest BCUT2D eigenvalue weighted by atomic mass is 9.47. The second kappa shape index (κ2) is 16.6. The third-order valence-electron chi connectivity index (χ3n) is 12.1. The molecule has 3 fully saturated rings. The zero-order valence-corrected chi connectivity index (χ0v) is 29.6. The SMILES string of the molecule is CC(C)CCCC(C)C1CCC2C3CC=C4C[C@@H](OCCOCCOCCOCCS(C)=S)CCC4(C)C3CCC12C. The molecule has 244 valence electrons. The topological polar surface area (TPSA) is 36.9 Å². The highest BCUT2D eigenvalue weighted by Crippen LogP contribution is 2.67. The zero-order valence-electron chi connectivity index (χ0n) is 28.0. The van der Waals surface area contributed by atoms with E-state index in [-0.39, 0.29) is 9.45 Å². The van der Waals surface area contributed by atoms with Crippen LogP contribution in [0.4, 0.5) is 0 Å². The number of allylic oxidation sites excluding steroid dienone is 1. The number of hydrogen-bond acceptors (Lipinski definition) is 5. The Morgan fingerprint density at radius 1 is 0.857 bits per heavy atom. The lowest BCUT2D eigenvalue weighted by molar-refractivity contribution is -0.0691. The first-order chi connectivity index (χ1) is 20.1. The second-order valence-electron chi connectivity index (χ2n) is 15.1. The first-order valence-electron chi connectivity index (χ1n) is 17.5. The molecule has 0 heterocycles. The van der Waals surface area contributed by atoms with E-state index in [0.717, 1.165) is 54.3 Å². The summed E-state index contributed by atoms with van der Waals surface area (Å²) in [7, 11) is 0.0380. The predicted octanol–water partition coefficient (Wildman–Crippen LogP) is 8.17. The van der Waals surface area contributed by atoms with E-state index in [1.165, 1.54) is 64.2 Å². The molecule has 0 radical (unpaired) electrons. The lowest BCUT2D eigenvalue weighted by Crippen LogP contribution is -2.51. The van der Waals surface area contributed by atoms with Crippen molar-refractivity contribution in [3.63, 3.8) is 0 Å². The fourth-order valence-corrected chi connectivity index (χ4v) is 10.3. The Morgan fingerprint density at radius 3 is 2.24 bits per heavy atom. The summed E-state index contributed by atoms with van der Waals surface area (Å²) in [5, 5.41) is 0. The first kappa shape index (κ1) is 35.0. The van der Waals surface area contributed by atoms with Crippen LogP contribution in [-0.4, -0.2) is 64.4 Å². The Labute approximate surface area is 266 Å². The van der Waals surface area contributed by atoms with E-state index in [4.69, 9.17) is 30.1 Å². The third-order valence-corrected chi connectivity index (χ3v) is 13.3. The van der Waals surface area contributed by atoms with Crippen LogP contribution in [-0.2, 0) is 39.6 Å². The smallest absolute Gasteiger partial charge is 0.0704 e. The zero-order chi connectivity index (χ0) is 30.2. The third kappa shape index (κ3) is 8.90. The van der Waals surface area contributed by atoms with Crippen molar-refractivity contribution in [2.45, 2.75) is 111 Å². The monoisotopic (exact) mass is 624 g/mol. The maximum atomic E-state index is 6.34. The highest BCUT2D eigenvalue weighted by Gasteiger charge is 2.59. The molecule has 4 aliphatic rings. The fourth-order valence-electron chi connectivity index (χ4n) is 9.79. The van der Waals surface area contributed by atoms with E-state index in [1.54, 1.807) is 5.57 Å². The predicted molar refractivity (Wildman–Crippen MR) is 181 cm³/mol. The maximum Gasteiger partial charge on any atom is 0.0704 e. The van der Waals surface area contributed by atoms with Gasteiger partial charge in [-0.05, 0) is 104 Å². The Hall–Kier alpha value is 0.150. The molecule has 4 rings (SSSR count). The van der Waals surface area contributed by atoms with Crippen molar-refractivity contribution in [2.75, 3.05) is 58.3 Å². The molecular weight excluding hydrogens is 561 g/mol. The van der Waals surface area contributed by atoms with Gasteiger partial charge in [-0.25, -0.2) is 0 Å². The van der Waals surface area contributed by atoms with E-state index in [9.17, 15) is 0 Å². The quantitative estimate of drug-likeness (QED) is 0.114. The van der Waals surface area contributed by atoms with E-state index in [0.29, 0.717) is 56.6 Å². The maximum absolute atomic E-state index is 6.34. The van der Waals surface area contributed by atoms with Crippen LogP contribution >= 0.6 is 0 Å². The molecule has 8 unspecified atom stereocenters. The molecule has 0 aromatic carbocycles. The molecular formula is C36H64O4S2. The second-order valence-corrected chi connectivity index (χ2v) is 18.4. The molecule has 0 aliphatic heterocycles. The van der Waals surface area contributed by atoms with Crippen molar-refractivity contribution < 1.29 is 18.9 Å². The average Bonchev–Trinajstić information content (AvgIpc) is 3.30. The highest BCUT2D eigenvalue weighted by molar-refractivity contribution is 8.28. The molecule has 0 aromatic heterocycles. The van der Waals surface area contributed by atoms with Gasteiger partial charge in [-0.3, -0.25) is 0 Å². The summed E-state index contributed by atoms with van der Waals surface area (Å²) in [5.74, 6) is 6.35. The van der Waals surface area contributed by atoms with Gasteiger partial charge < -0.3 is 18.9 Å². The van der Waals surface area contributed by atoms with E-state index >= 15 is 0 Å². The molecule has 0 bridgehead atoms. The number of ether oxygens (including phenoxy) is 4. The number of fused-ring (bicyclic) bond motifs is 5. The van der Waals surface area contributed by atoms with E-state index < -0.39 is 0 Å². The molecule has 0 spiro atoms. The number of rotatable bonds is 18. The Bertz CT molecular complexity index is 876. The summed E-state index contributed by atoms with van der Waals surface area (Å²) in [4.78, 5) is 0. The minimum absolute atomic E-state index is 0.0380. The van der Waals surface area contributed by atoms with Gasteiger partial charge in [0.15, 0.2) is 0 Å². The minimum Gasteiger partial charge on any atom is -0.378 e. The van der Waals surface area contributed by atoms with Crippen LogP contribution in [0.3, 0.4) is 0 Å². The van der Waals surface area contributed by atoms with Crippen LogP contribution in [0.15, 0.2) is 11.6 Å². The largest absolute Gasteiger partial charge is 0.378 e. The van der Waals surface area contributed by atoms with Crippen LogP contribution in [0.5, 0.6) is 0 Å². The summed E-state index contributed by atoms with van der Waals surface area (Å²) >= 11 is 5.17. The normalized spacial score (nSPS) is 35.8. The van der Waals surface area contributed by atoms with Gasteiger partial charge >= 0.3 is 0 Å². The van der Waals surface area contributed by atoms with Gasteiger partial charge in [0.25, 0.3) is 0 Å². The van der Waals surface area contributed by atoms with Crippen molar-refractivity contribution in [1.29, 1.82) is 0 Å². The first-order valence-corrected chi connectivity index (χ1v) is 20.2. The molecule has 0 aromatic rings.